The van der Waals surface area contributed by atoms with Gasteiger partial charge in [0, 0.05) is 23.4 Å². The molecule has 6 heteroatoms. The van der Waals surface area contributed by atoms with E-state index in [1.807, 2.05) is 31.3 Å². The Bertz CT molecular complexity index is 1000. The van der Waals surface area contributed by atoms with Crippen molar-refractivity contribution in [1.29, 1.82) is 0 Å². The Hall–Kier alpha value is -2.60. The SMILES string of the molecule is Cc1ccc2c(C[NH2+]CCc3ccc(C(F)(F)F)cc3)cc(=O)oc2c1C. The van der Waals surface area contributed by atoms with Crippen molar-refractivity contribution in [2.45, 2.75) is 33.0 Å². The number of alkyl halides is 3. The lowest BCUT2D eigenvalue weighted by Gasteiger charge is -2.09. The predicted octanol–water partition coefficient (Wildman–Crippen LogP) is 3.73. The number of hydrogen-bond donors (Lipinski definition) is 1. The van der Waals surface area contributed by atoms with Crippen LogP contribution in [0.2, 0.25) is 0 Å². The van der Waals surface area contributed by atoms with Crippen LogP contribution in [0.15, 0.2) is 51.7 Å². The minimum absolute atomic E-state index is 0.373. The summed E-state index contributed by atoms with van der Waals surface area (Å²) in [7, 11) is 0. The first kappa shape index (κ1) is 19.2. The summed E-state index contributed by atoms with van der Waals surface area (Å²) in [5, 5.41) is 2.96. The number of benzene rings is 2. The Morgan fingerprint density at radius 2 is 1.74 bits per heavy atom. The van der Waals surface area contributed by atoms with Crippen molar-refractivity contribution in [2.75, 3.05) is 6.54 Å². The van der Waals surface area contributed by atoms with Crippen LogP contribution in [0, 0.1) is 13.8 Å². The van der Waals surface area contributed by atoms with E-state index in [1.165, 1.54) is 18.2 Å². The number of hydrogen-bond acceptors (Lipinski definition) is 2. The van der Waals surface area contributed by atoms with E-state index >= 15 is 0 Å². The molecule has 2 aromatic carbocycles. The van der Waals surface area contributed by atoms with Gasteiger partial charge in [0.2, 0.25) is 0 Å². The Kier molecular flexibility index (Phi) is 5.37. The number of aryl methyl sites for hydroxylation is 2. The normalized spacial score (nSPS) is 11.9. The van der Waals surface area contributed by atoms with E-state index in [9.17, 15) is 18.0 Å². The van der Waals surface area contributed by atoms with Crippen LogP contribution in [0.25, 0.3) is 11.0 Å². The van der Waals surface area contributed by atoms with Crippen LogP contribution in [-0.2, 0) is 19.1 Å². The van der Waals surface area contributed by atoms with Gasteiger partial charge in [-0.2, -0.15) is 13.2 Å². The van der Waals surface area contributed by atoms with Gasteiger partial charge in [-0.15, -0.1) is 0 Å². The first-order chi connectivity index (χ1) is 12.8. The van der Waals surface area contributed by atoms with Crippen molar-refractivity contribution in [1.82, 2.24) is 0 Å². The Morgan fingerprint density at radius 1 is 1.04 bits per heavy atom. The van der Waals surface area contributed by atoms with Gasteiger partial charge >= 0.3 is 11.8 Å². The van der Waals surface area contributed by atoms with Crippen molar-refractivity contribution < 1.29 is 22.9 Å². The molecule has 2 N–H and O–H groups in total. The fourth-order valence-corrected chi connectivity index (χ4v) is 3.08. The van der Waals surface area contributed by atoms with Crippen LogP contribution in [0.3, 0.4) is 0 Å². The second-order valence-corrected chi connectivity index (χ2v) is 6.70. The Morgan fingerprint density at radius 3 is 2.41 bits per heavy atom. The summed E-state index contributed by atoms with van der Waals surface area (Å²) in [5.41, 5.74) is 3.38. The van der Waals surface area contributed by atoms with Crippen LogP contribution in [-0.4, -0.2) is 6.54 Å². The lowest BCUT2D eigenvalue weighted by Crippen LogP contribution is -2.83. The molecule has 0 aliphatic heterocycles. The minimum atomic E-state index is -4.31. The monoisotopic (exact) mass is 376 g/mol. The molecule has 27 heavy (non-hydrogen) atoms. The van der Waals surface area contributed by atoms with Gasteiger partial charge in [0.1, 0.15) is 12.1 Å². The molecule has 0 radical (unpaired) electrons. The van der Waals surface area contributed by atoms with Crippen LogP contribution in [0.4, 0.5) is 13.2 Å². The van der Waals surface area contributed by atoms with Gasteiger partial charge < -0.3 is 9.73 Å². The first-order valence-electron chi connectivity index (χ1n) is 8.76. The van der Waals surface area contributed by atoms with Gasteiger partial charge in [0.25, 0.3) is 0 Å². The standard InChI is InChI=1S/C21H20F3NO2/c1-13-3-8-18-16(11-19(26)27-20(18)14(13)2)12-25-10-9-15-4-6-17(7-5-15)21(22,23)24/h3-8,11,25H,9-10,12H2,1-2H3/p+1. The average molecular weight is 376 g/mol. The van der Waals surface area contributed by atoms with Gasteiger partial charge in [-0.05, 0) is 42.7 Å². The summed E-state index contributed by atoms with van der Waals surface area (Å²) >= 11 is 0. The molecule has 0 saturated heterocycles. The minimum Gasteiger partial charge on any atom is -0.422 e. The lowest BCUT2D eigenvalue weighted by molar-refractivity contribution is -0.670. The maximum Gasteiger partial charge on any atom is 0.416 e. The number of halogens is 3. The number of fused-ring (bicyclic) bond motifs is 1. The van der Waals surface area contributed by atoms with E-state index in [0.29, 0.717) is 25.1 Å². The molecule has 0 atom stereocenters. The molecule has 3 rings (SSSR count). The van der Waals surface area contributed by atoms with Gasteiger partial charge in [-0.1, -0.05) is 24.3 Å². The molecule has 0 amide bonds. The van der Waals surface area contributed by atoms with E-state index in [4.69, 9.17) is 4.42 Å². The molecule has 0 aliphatic carbocycles. The maximum atomic E-state index is 12.6. The van der Waals surface area contributed by atoms with Crippen LogP contribution in [0.5, 0.6) is 0 Å². The molecular formula is C21H21F3NO2+. The molecule has 0 unspecified atom stereocenters. The third-order valence-corrected chi connectivity index (χ3v) is 4.80. The predicted molar refractivity (Wildman–Crippen MR) is 97.6 cm³/mol. The number of quaternary nitrogens is 1. The molecule has 0 bridgehead atoms. The molecule has 0 aliphatic rings. The summed E-state index contributed by atoms with van der Waals surface area (Å²) in [6.45, 7) is 5.21. The van der Waals surface area contributed by atoms with E-state index in [2.05, 4.69) is 0 Å². The van der Waals surface area contributed by atoms with Crippen molar-refractivity contribution in [3.8, 4) is 0 Å². The molecule has 142 valence electrons. The van der Waals surface area contributed by atoms with Crippen molar-refractivity contribution in [3.63, 3.8) is 0 Å². The van der Waals surface area contributed by atoms with Crippen LogP contribution in [0.1, 0.15) is 27.8 Å². The maximum absolute atomic E-state index is 12.6. The quantitative estimate of drug-likeness (QED) is 0.545. The second-order valence-electron chi connectivity index (χ2n) is 6.70. The lowest BCUT2D eigenvalue weighted by atomic mass is 10.0. The van der Waals surface area contributed by atoms with Crippen molar-refractivity contribution >= 4 is 11.0 Å². The molecular weight excluding hydrogens is 355 g/mol. The van der Waals surface area contributed by atoms with Gasteiger partial charge in [0.05, 0.1) is 12.1 Å². The second kappa shape index (κ2) is 7.56. The van der Waals surface area contributed by atoms with Gasteiger partial charge in [-0.3, -0.25) is 0 Å². The summed E-state index contributed by atoms with van der Waals surface area (Å²) < 4.78 is 43.1. The highest BCUT2D eigenvalue weighted by atomic mass is 19.4. The number of nitrogens with two attached hydrogens (primary N) is 1. The molecule has 0 fully saturated rings. The summed E-state index contributed by atoms with van der Waals surface area (Å²) in [6.07, 6.45) is -3.66. The average Bonchev–Trinajstić information content (AvgIpc) is 2.62. The summed E-state index contributed by atoms with van der Waals surface area (Å²) in [5.74, 6) is 0. The zero-order chi connectivity index (χ0) is 19.6. The molecule has 1 aromatic heterocycles. The Labute approximate surface area is 154 Å². The molecule has 0 spiro atoms. The summed E-state index contributed by atoms with van der Waals surface area (Å²) in [6, 6.07) is 10.7. The highest BCUT2D eigenvalue weighted by molar-refractivity contribution is 5.83. The van der Waals surface area contributed by atoms with Gasteiger partial charge in [-0.25, -0.2) is 4.79 Å². The zero-order valence-electron chi connectivity index (χ0n) is 15.2. The molecule has 3 nitrogen and oxygen atoms in total. The van der Waals surface area contributed by atoms with Crippen molar-refractivity contribution in [3.05, 3.63) is 80.7 Å². The van der Waals surface area contributed by atoms with Gasteiger partial charge in [0.15, 0.2) is 0 Å². The highest BCUT2D eigenvalue weighted by Crippen LogP contribution is 2.29. The Balaban J connectivity index is 1.66. The molecule has 0 saturated carbocycles. The van der Waals surface area contributed by atoms with Crippen LogP contribution >= 0.6 is 0 Å². The largest absolute Gasteiger partial charge is 0.422 e. The topological polar surface area (TPSA) is 46.8 Å². The van der Waals surface area contributed by atoms with E-state index in [-0.39, 0.29) is 5.63 Å². The van der Waals surface area contributed by atoms with E-state index in [1.54, 1.807) is 0 Å². The molecule has 3 aromatic rings. The highest BCUT2D eigenvalue weighted by Gasteiger charge is 2.29. The van der Waals surface area contributed by atoms with E-state index in [0.717, 1.165) is 39.8 Å². The van der Waals surface area contributed by atoms with E-state index < -0.39 is 11.7 Å². The number of rotatable bonds is 5. The van der Waals surface area contributed by atoms with Crippen LogP contribution < -0.4 is 10.9 Å². The zero-order valence-corrected chi connectivity index (χ0v) is 15.2. The van der Waals surface area contributed by atoms with Crippen molar-refractivity contribution in [2.24, 2.45) is 0 Å². The first-order valence-corrected chi connectivity index (χ1v) is 8.76. The smallest absolute Gasteiger partial charge is 0.416 e. The molecule has 1 heterocycles. The third kappa shape index (κ3) is 4.39. The fraction of sp³-hybridized carbons (Fsp3) is 0.286. The fourth-order valence-electron chi connectivity index (χ4n) is 3.08. The third-order valence-electron chi connectivity index (χ3n) is 4.80. The summed E-state index contributed by atoms with van der Waals surface area (Å²) in [4.78, 5) is 11.9.